The molecule has 18 nitrogen and oxygen atoms in total. The van der Waals surface area contributed by atoms with E-state index in [0.717, 1.165) is 0 Å². The van der Waals surface area contributed by atoms with Gasteiger partial charge in [0, 0.05) is 42.4 Å². The Hall–Kier alpha value is -7.18. The Kier molecular flexibility index (Phi) is 11.1. The molecule has 1 amide bonds. The average molecular weight is 780 g/mol. The molecule has 4 heterocycles. The lowest BCUT2D eigenvalue weighted by Gasteiger charge is -2.12. The number of Topliss-reactive ketones (excluding diaryl/α,β-unsaturated/α-hetero) is 1. The summed E-state index contributed by atoms with van der Waals surface area (Å²) >= 11 is 11.8. The number of fused-ring (bicyclic) bond motifs is 2. The first-order valence-electron chi connectivity index (χ1n) is 16.0. The van der Waals surface area contributed by atoms with Crippen molar-refractivity contribution in [3.05, 3.63) is 139 Å². The smallest absolute Gasteiger partial charge is 0.287 e. The minimum Gasteiger partial charge on any atom is -0.367 e. The number of nitrogens with two attached hydrogens (primary N) is 1. The van der Waals surface area contributed by atoms with Crippen LogP contribution in [0.4, 0.5) is 11.9 Å². The summed E-state index contributed by atoms with van der Waals surface area (Å²) in [4.78, 5) is 58.3. The number of carbonyl (C=O) groups excluding carboxylic acids is 2. The molecule has 55 heavy (non-hydrogen) atoms. The molecule has 0 aliphatic rings. The summed E-state index contributed by atoms with van der Waals surface area (Å²) in [6.45, 7) is 1.34. The average Bonchev–Trinajstić information content (AvgIpc) is 3.77. The first-order chi connectivity index (χ1) is 26.4. The van der Waals surface area contributed by atoms with Gasteiger partial charge < -0.3 is 5.73 Å². The number of anilines is 2. The van der Waals surface area contributed by atoms with E-state index in [-0.39, 0.29) is 23.1 Å². The molecule has 3 N–H and O–H groups in total. The third-order valence-corrected chi connectivity index (χ3v) is 8.24. The monoisotopic (exact) mass is 778 g/mol. The van der Waals surface area contributed by atoms with E-state index in [9.17, 15) is 19.2 Å². The molecule has 20 heteroatoms. The zero-order valence-electron chi connectivity index (χ0n) is 29.1. The molecule has 0 saturated heterocycles. The van der Waals surface area contributed by atoms with Gasteiger partial charge in [-0.15, -0.1) is 0 Å². The summed E-state index contributed by atoms with van der Waals surface area (Å²) < 4.78 is 5.56. The van der Waals surface area contributed by atoms with Gasteiger partial charge in [0.05, 0.1) is 22.1 Å². The predicted octanol–water partition coefficient (Wildman–Crippen LogP) is 3.85. The number of carbonyl (C=O) groups is 2. The van der Waals surface area contributed by atoms with Gasteiger partial charge in [0.1, 0.15) is 0 Å². The summed E-state index contributed by atoms with van der Waals surface area (Å²) in [5, 5.41) is 24.5. The maximum Gasteiger partial charge on any atom is 0.287 e. The van der Waals surface area contributed by atoms with Crippen molar-refractivity contribution in [2.45, 2.75) is 6.92 Å². The number of hydrogen-bond donors (Lipinski definition) is 2. The molecule has 4 aromatic carbocycles. The second kappa shape index (κ2) is 16.2. The molecule has 8 rings (SSSR count). The lowest BCUT2D eigenvalue weighted by atomic mass is 10.2. The summed E-state index contributed by atoms with van der Waals surface area (Å²) in [5.74, 6) is -0.618. The summed E-state index contributed by atoms with van der Waals surface area (Å²) in [6, 6.07) is 27.9. The second-order valence-electron chi connectivity index (χ2n) is 11.4. The normalized spacial score (nSPS) is 10.6. The number of para-hydroxylation sites is 4. The van der Waals surface area contributed by atoms with Gasteiger partial charge in [-0.05, 0) is 93.6 Å². The van der Waals surface area contributed by atoms with E-state index in [0.29, 0.717) is 49.4 Å². The van der Waals surface area contributed by atoms with Crippen LogP contribution >= 0.6 is 23.2 Å². The topological polar surface area (TPSA) is 229 Å². The van der Waals surface area contributed by atoms with Crippen molar-refractivity contribution in [2.75, 3.05) is 11.1 Å². The minimum atomic E-state index is -0.702. The summed E-state index contributed by atoms with van der Waals surface area (Å²) in [7, 11) is 3.24. The van der Waals surface area contributed by atoms with Crippen molar-refractivity contribution in [2.24, 2.45) is 14.1 Å². The van der Waals surface area contributed by atoms with Crippen LogP contribution in [-0.4, -0.2) is 71.2 Å². The zero-order valence-corrected chi connectivity index (χ0v) is 30.6. The SMILES string of the molecule is CC(=O)c1nc2ccccc2n(-c2ccc(Cl)cc2)c1=O.Cn1nnnc1N.Cn1nnnc1NC(=O)c1nc2ccccc2n(-c2ccc(Cl)cc2)c1=O. The van der Waals surface area contributed by atoms with E-state index in [1.165, 1.54) is 25.4 Å². The predicted molar refractivity (Wildman–Crippen MR) is 205 cm³/mol. The van der Waals surface area contributed by atoms with Crippen LogP contribution in [0.25, 0.3) is 33.4 Å². The molecule has 4 aromatic heterocycles. The Labute approximate surface area is 319 Å². The van der Waals surface area contributed by atoms with E-state index in [4.69, 9.17) is 28.9 Å². The molecule has 8 aromatic rings. The third-order valence-electron chi connectivity index (χ3n) is 7.74. The van der Waals surface area contributed by atoms with Crippen molar-refractivity contribution in [3.8, 4) is 11.4 Å². The Morgan fingerprint density at radius 2 is 1.09 bits per heavy atom. The maximum atomic E-state index is 13.1. The van der Waals surface area contributed by atoms with Crippen LogP contribution in [0.2, 0.25) is 10.0 Å². The lowest BCUT2D eigenvalue weighted by molar-refractivity contribution is 0.100. The molecule has 0 aliphatic carbocycles. The fraction of sp³-hybridized carbons (Fsp3) is 0.0857. The van der Waals surface area contributed by atoms with E-state index in [2.05, 4.69) is 46.3 Å². The van der Waals surface area contributed by atoms with Crippen molar-refractivity contribution in [1.82, 2.24) is 59.5 Å². The molecule has 0 aliphatic heterocycles. The van der Waals surface area contributed by atoms with Gasteiger partial charge in [-0.1, -0.05) is 57.7 Å². The molecule has 0 radical (unpaired) electrons. The van der Waals surface area contributed by atoms with E-state index >= 15 is 0 Å². The van der Waals surface area contributed by atoms with Crippen LogP contribution in [0, 0.1) is 0 Å². The summed E-state index contributed by atoms with van der Waals surface area (Å²) in [6.07, 6.45) is 0. The highest BCUT2D eigenvalue weighted by molar-refractivity contribution is 6.30. The van der Waals surface area contributed by atoms with Crippen LogP contribution < -0.4 is 22.2 Å². The van der Waals surface area contributed by atoms with Gasteiger partial charge in [-0.25, -0.2) is 19.3 Å². The Balaban J connectivity index is 0.000000162. The fourth-order valence-electron chi connectivity index (χ4n) is 5.07. The molecular weight excluding hydrogens is 751 g/mol. The van der Waals surface area contributed by atoms with Crippen molar-refractivity contribution in [1.29, 1.82) is 0 Å². The van der Waals surface area contributed by atoms with Crippen LogP contribution in [0.1, 0.15) is 27.9 Å². The van der Waals surface area contributed by atoms with Gasteiger partial charge in [0.15, 0.2) is 17.2 Å². The molecule has 276 valence electrons. The standard InChI is InChI=1S/C17H12ClN7O2.C16H11ClN2O2.C2H5N5/c1-24-17(21-22-23-24)20-15(26)14-16(27)25(11-8-6-10(18)7-9-11)13-5-3-2-4-12(13)19-14;1-10(20)15-16(21)19(12-8-6-11(17)7-9-12)14-5-3-2-4-13(14)18-15;1-7-2(3)4-5-6-7/h2-9H,1H3,(H,20,21,23,26);2-9H,1H3;1H3,(H2,3,4,6). The Morgan fingerprint density at radius 3 is 1.51 bits per heavy atom. The number of hydrogen-bond acceptors (Lipinski definition) is 13. The van der Waals surface area contributed by atoms with Gasteiger partial charge >= 0.3 is 0 Å². The van der Waals surface area contributed by atoms with Crippen LogP contribution in [0.15, 0.2) is 107 Å². The molecule has 0 spiro atoms. The largest absolute Gasteiger partial charge is 0.367 e. The first-order valence-corrected chi connectivity index (χ1v) is 16.8. The summed E-state index contributed by atoms with van der Waals surface area (Å²) in [5.41, 5.74) is 7.35. The number of aromatic nitrogens is 12. The number of benzene rings is 4. The lowest BCUT2D eigenvalue weighted by Crippen LogP contribution is -2.31. The second-order valence-corrected chi connectivity index (χ2v) is 12.3. The number of rotatable bonds is 5. The highest BCUT2D eigenvalue weighted by Gasteiger charge is 2.20. The number of nitrogens with one attached hydrogen (secondary N) is 1. The number of amides is 1. The zero-order chi connectivity index (χ0) is 39.2. The van der Waals surface area contributed by atoms with Gasteiger partial charge in [-0.2, -0.15) is 0 Å². The first kappa shape index (κ1) is 37.6. The highest BCUT2D eigenvalue weighted by atomic mass is 35.5. The molecule has 0 fully saturated rings. The number of aryl methyl sites for hydroxylation is 2. The number of nitrogen functional groups attached to an aromatic ring is 1. The Bertz CT molecular complexity index is 2780. The molecule has 0 atom stereocenters. The molecule has 0 saturated carbocycles. The minimum absolute atomic E-state index is 0.0661. The number of ketones is 1. The van der Waals surface area contributed by atoms with E-state index in [1.807, 2.05) is 12.1 Å². The number of halogens is 2. The van der Waals surface area contributed by atoms with E-state index < -0.39 is 17.0 Å². The van der Waals surface area contributed by atoms with Crippen LogP contribution in [0.3, 0.4) is 0 Å². The highest BCUT2D eigenvalue weighted by Crippen LogP contribution is 2.19. The number of nitrogens with zero attached hydrogens (tertiary/aromatic N) is 12. The number of tetrazole rings is 2. The van der Waals surface area contributed by atoms with Gasteiger partial charge in [0.25, 0.3) is 17.0 Å². The quantitative estimate of drug-likeness (QED) is 0.237. The van der Waals surface area contributed by atoms with Crippen molar-refractivity contribution in [3.63, 3.8) is 0 Å². The van der Waals surface area contributed by atoms with Gasteiger partial charge in [0.2, 0.25) is 11.9 Å². The molecule has 0 bridgehead atoms. The van der Waals surface area contributed by atoms with E-state index in [1.54, 1.807) is 99.0 Å². The fourth-order valence-corrected chi connectivity index (χ4v) is 5.32. The van der Waals surface area contributed by atoms with Crippen molar-refractivity contribution >= 4 is 68.9 Å². The van der Waals surface area contributed by atoms with Crippen molar-refractivity contribution < 1.29 is 9.59 Å². The van der Waals surface area contributed by atoms with Gasteiger partial charge in [-0.3, -0.25) is 33.6 Å². The molecule has 0 unspecified atom stereocenters. The Morgan fingerprint density at radius 1 is 0.636 bits per heavy atom. The maximum absolute atomic E-state index is 13.1. The van der Waals surface area contributed by atoms with Crippen LogP contribution in [0.5, 0.6) is 0 Å². The van der Waals surface area contributed by atoms with Crippen LogP contribution in [-0.2, 0) is 14.1 Å². The third kappa shape index (κ3) is 8.24. The molecular formula is C35H28Cl2N14O4.